The first-order chi connectivity index (χ1) is 14.4. The largest absolute Gasteiger partial charge is 0.493 e. The van der Waals surface area contributed by atoms with E-state index in [1.54, 1.807) is 24.5 Å². The first-order valence-corrected chi connectivity index (χ1v) is 10.4. The molecular weight excluding hydrogens is 404 g/mol. The topological polar surface area (TPSA) is 94.6 Å². The Hall–Kier alpha value is -3.65. The Kier molecular flexibility index (Phi) is 6.48. The van der Waals surface area contributed by atoms with Gasteiger partial charge in [0.2, 0.25) is 15.7 Å². The third-order valence-electron chi connectivity index (χ3n) is 4.21. The molecule has 0 saturated heterocycles. The van der Waals surface area contributed by atoms with Crippen molar-refractivity contribution in [1.29, 1.82) is 0 Å². The Morgan fingerprint density at radius 3 is 2.30 bits per heavy atom. The van der Waals surface area contributed by atoms with Crippen molar-refractivity contribution in [2.45, 2.75) is 9.79 Å². The van der Waals surface area contributed by atoms with Gasteiger partial charge < -0.3 is 14.8 Å². The monoisotopic (exact) mass is 424 g/mol. The number of benzene rings is 2. The summed E-state index contributed by atoms with van der Waals surface area (Å²) in [6.07, 6.45) is 6.30. The SMILES string of the molecule is COc1ccc(S(=O)(=O)c2ccc(NC(=O)C=Cc3cccnc3)cc2)cc1OC. The zero-order valence-corrected chi connectivity index (χ0v) is 17.2. The Balaban J connectivity index is 1.74. The zero-order valence-electron chi connectivity index (χ0n) is 16.4. The van der Waals surface area contributed by atoms with Gasteiger partial charge in [0.1, 0.15) is 0 Å². The summed E-state index contributed by atoms with van der Waals surface area (Å²) in [6, 6.07) is 13.9. The second-order valence-corrected chi connectivity index (χ2v) is 8.10. The van der Waals surface area contributed by atoms with E-state index < -0.39 is 9.84 Å². The van der Waals surface area contributed by atoms with Gasteiger partial charge in [-0.25, -0.2) is 8.42 Å². The number of carbonyl (C=O) groups is 1. The van der Waals surface area contributed by atoms with Crippen LogP contribution in [0.5, 0.6) is 11.5 Å². The summed E-state index contributed by atoms with van der Waals surface area (Å²) >= 11 is 0. The molecule has 0 spiro atoms. The summed E-state index contributed by atoms with van der Waals surface area (Å²) in [5.41, 5.74) is 1.27. The molecule has 154 valence electrons. The number of sulfone groups is 1. The summed E-state index contributed by atoms with van der Waals surface area (Å²) in [7, 11) is -0.841. The van der Waals surface area contributed by atoms with Gasteiger partial charge in [-0.15, -0.1) is 0 Å². The molecule has 30 heavy (non-hydrogen) atoms. The van der Waals surface area contributed by atoms with E-state index in [9.17, 15) is 13.2 Å². The average Bonchev–Trinajstić information content (AvgIpc) is 2.78. The Morgan fingerprint density at radius 2 is 1.67 bits per heavy atom. The lowest BCUT2D eigenvalue weighted by Crippen LogP contribution is -2.08. The van der Waals surface area contributed by atoms with E-state index in [1.165, 1.54) is 62.8 Å². The smallest absolute Gasteiger partial charge is 0.248 e. The van der Waals surface area contributed by atoms with Crippen molar-refractivity contribution in [3.8, 4) is 11.5 Å². The number of nitrogens with zero attached hydrogens (tertiary/aromatic N) is 1. The average molecular weight is 424 g/mol. The third-order valence-corrected chi connectivity index (χ3v) is 5.98. The van der Waals surface area contributed by atoms with E-state index in [4.69, 9.17) is 9.47 Å². The second-order valence-electron chi connectivity index (χ2n) is 6.15. The van der Waals surface area contributed by atoms with Gasteiger partial charge in [-0.05, 0) is 54.1 Å². The predicted octanol–water partition coefficient (Wildman–Crippen LogP) is 3.58. The lowest BCUT2D eigenvalue weighted by molar-refractivity contribution is -0.111. The van der Waals surface area contributed by atoms with Crippen molar-refractivity contribution in [2.24, 2.45) is 0 Å². The number of rotatable bonds is 7. The third kappa shape index (κ3) is 4.84. The van der Waals surface area contributed by atoms with Crippen molar-refractivity contribution < 1.29 is 22.7 Å². The molecular formula is C22H20N2O5S. The summed E-state index contributed by atoms with van der Waals surface area (Å²) in [4.78, 5) is 16.2. The number of pyridine rings is 1. The van der Waals surface area contributed by atoms with Gasteiger partial charge in [-0.3, -0.25) is 9.78 Å². The van der Waals surface area contributed by atoms with E-state index in [0.717, 1.165) is 5.56 Å². The van der Waals surface area contributed by atoms with Crippen LogP contribution in [0.2, 0.25) is 0 Å². The minimum Gasteiger partial charge on any atom is -0.493 e. The maximum Gasteiger partial charge on any atom is 0.248 e. The second kappa shape index (κ2) is 9.23. The molecule has 0 aliphatic heterocycles. The van der Waals surface area contributed by atoms with Gasteiger partial charge in [0, 0.05) is 30.2 Å². The molecule has 0 aliphatic rings. The van der Waals surface area contributed by atoms with Crippen LogP contribution in [0.25, 0.3) is 6.08 Å². The van der Waals surface area contributed by atoms with Crippen molar-refractivity contribution in [2.75, 3.05) is 19.5 Å². The first kappa shape index (κ1) is 21.1. The molecule has 1 amide bonds. The molecule has 0 fully saturated rings. The fourth-order valence-corrected chi connectivity index (χ4v) is 3.94. The summed E-state index contributed by atoms with van der Waals surface area (Å²) in [5, 5.41) is 2.69. The number of carbonyl (C=O) groups excluding carboxylic acids is 1. The standard InChI is InChI=1S/C22H20N2O5S/c1-28-20-11-10-19(14-21(20)29-2)30(26,27)18-8-6-17(7-9-18)24-22(25)12-5-16-4-3-13-23-15-16/h3-15H,1-2H3,(H,24,25). The molecule has 8 heteroatoms. The number of nitrogens with one attached hydrogen (secondary N) is 1. The fourth-order valence-electron chi connectivity index (χ4n) is 2.67. The highest BCUT2D eigenvalue weighted by atomic mass is 32.2. The van der Waals surface area contributed by atoms with Crippen LogP contribution in [-0.4, -0.2) is 33.5 Å². The summed E-state index contributed by atoms with van der Waals surface area (Å²) in [6.45, 7) is 0. The van der Waals surface area contributed by atoms with Crippen LogP contribution < -0.4 is 14.8 Å². The normalized spacial score (nSPS) is 11.3. The van der Waals surface area contributed by atoms with Crippen LogP contribution >= 0.6 is 0 Å². The molecule has 0 saturated carbocycles. The quantitative estimate of drug-likeness (QED) is 0.583. The predicted molar refractivity (Wildman–Crippen MR) is 113 cm³/mol. The highest BCUT2D eigenvalue weighted by Crippen LogP contribution is 2.32. The molecule has 1 aromatic heterocycles. The van der Waals surface area contributed by atoms with Crippen molar-refractivity contribution >= 4 is 27.5 Å². The van der Waals surface area contributed by atoms with E-state index >= 15 is 0 Å². The molecule has 1 N–H and O–H groups in total. The van der Waals surface area contributed by atoms with Crippen LogP contribution in [0.3, 0.4) is 0 Å². The van der Waals surface area contributed by atoms with Gasteiger partial charge in [0.15, 0.2) is 11.5 Å². The lowest BCUT2D eigenvalue weighted by Gasteiger charge is -2.11. The van der Waals surface area contributed by atoms with Gasteiger partial charge >= 0.3 is 0 Å². The number of hydrogen-bond donors (Lipinski definition) is 1. The Labute approximate surface area is 174 Å². The number of amides is 1. The molecule has 0 bridgehead atoms. The van der Waals surface area contributed by atoms with E-state index in [0.29, 0.717) is 17.2 Å². The van der Waals surface area contributed by atoms with Crippen LogP contribution in [-0.2, 0) is 14.6 Å². The minimum absolute atomic E-state index is 0.0799. The van der Waals surface area contributed by atoms with E-state index in [1.807, 2.05) is 6.07 Å². The molecule has 3 aromatic rings. The summed E-state index contributed by atoms with van der Waals surface area (Å²) in [5.74, 6) is 0.422. The number of hydrogen-bond acceptors (Lipinski definition) is 6. The van der Waals surface area contributed by atoms with Crippen molar-refractivity contribution in [1.82, 2.24) is 4.98 Å². The zero-order chi connectivity index (χ0) is 21.6. The molecule has 7 nitrogen and oxygen atoms in total. The van der Waals surface area contributed by atoms with Gasteiger partial charge in [-0.1, -0.05) is 6.07 Å². The van der Waals surface area contributed by atoms with E-state index in [-0.39, 0.29) is 15.7 Å². The highest BCUT2D eigenvalue weighted by molar-refractivity contribution is 7.91. The molecule has 1 heterocycles. The van der Waals surface area contributed by atoms with Gasteiger partial charge in [0.25, 0.3) is 0 Å². The number of aromatic nitrogens is 1. The molecule has 0 radical (unpaired) electrons. The van der Waals surface area contributed by atoms with E-state index in [2.05, 4.69) is 10.3 Å². The van der Waals surface area contributed by atoms with Crippen LogP contribution in [0.4, 0.5) is 5.69 Å². The van der Waals surface area contributed by atoms with Crippen LogP contribution in [0, 0.1) is 0 Å². The lowest BCUT2D eigenvalue weighted by atomic mass is 10.2. The van der Waals surface area contributed by atoms with Crippen LogP contribution in [0.15, 0.2) is 82.9 Å². The maximum atomic E-state index is 12.9. The fraction of sp³-hybridized carbons (Fsp3) is 0.0909. The minimum atomic E-state index is -3.76. The molecule has 3 rings (SSSR count). The Bertz CT molecular complexity index is 1160. The first-order valence-electron chi connectivity index (χ1n) is 8.90. The van der Waals surface area contributed by atoms with Gasteiger partial charge in [0.05, 0.1) is 24.0 Å². The molecule has 0 atom stereocenters. The molecule has 0 unspecified atom stereocenters. The van der Waals surface area contributed by atoms with Crippen molar-refractivity contribution in [3.05, 3.63) is 78.6 Å². The van der Waals surface area contributed by atoms with Crippen molar-refractivity contribution in [3.63, 3.8) is 0 Å². The van der Waals surface area contributed by atoms with Gasteiger partial charge in [-0.2, -0.15) is 0 Å². The number of ether oxygens (including phenoxy) is 2. The molecule has 2 aromatic carbocycles. The maximum absolute atomic E-state index is 12.9. The number of methoxy groups -OCH3 is 2. The summed E-state index contributed by atoms with van der Waals surface area (Å²) < 4.78 is 36.1. The Morgan fingerprint density at radius 1 is 0.967 bits per heavy atom. The highest BCUT2D eigenvalue weighted by Gasteiger charge is 2.20. The molecule has 0 aliphatic carbocycles. The number of anilines is 1. The van der Waals surface area contributed by atoms with Crippen LogP contribution in [0.1, 0.15) is 5.56 Å².